The van der Waals surface area contributed by atoms with Gasteiger partial charge in [0, 0.05) is 18.5 Å². The number of oxime groups is 1. The fourth-order valence-corrected chi connectivity index (χ4v) is 3.00. The van der Waals surface area contributed by atoms with E-state index in [4.69, 9.17) is 4.84 Å². The lowest BCUT2D eigenvalue weighted by molar-refractivity contribution is 0.0580. The zero-order chi connectivity index (χ0) is 20.1. The van der Waals surface area contributed by atoms with Gasteiger partial charge in [0.2, 0.25) is 0 Å². The van der Waals surface area contributed by atoms with Gasteiger partial charge in [-0.1, -0.05) is 47.6 Å². The number of nitrogens with zero attached hydrogens (tertiary/aromatic N) is 2. The second kappa shape index (κ2) is 8.42. The molecule has 6 heteroatoms. The van der Waals surface area contributed by atoms with Crippen molar-refractivity contribution in [3.05, 3.63) is 71.5 Å². The molecule has 148 valence electrons. The van der Waals surface area contributed by atoms with Gasteiger partial charge >= 0.3 is 6.03 Å². The van der Waals surface area contributed by atoms with Crippen molar-refractivity contribution in [2.45, 2.75) is 45.4 Å². The maximum atomic E-state index is 13.2. The van der Waals surface area contributed by atoms with Crippen molar-refractivity contribution in [3.8, 4) is 0 Å². The molecule has 2 amide bonds. The highest BCUT2D eigenvalue weighted by atomic mass is 19.1. The second-order valence-electron chi connectivity index (χ2n) is 8.02. The molecule has 0 bridgehead atoms. The number of nitrogens with one attached hydrogen (secondary N) is 1. The third-order valence-electron chi connectivity index (χ3n) is 4.32. The molecule has 1 aliphatic heterocycles. The van der Waals surface area contributed by atoms with Crippen molar-refractivity contribution in [2.75, 3.05) is 6.54 Å². The predicted octanol–water partition coefficient (Wildman–Crippen LogP) is 4.33. The summed E-state index contributed by atoms with van der Waals surface area (Å²) in [4.78, 5) is 20.1. The van der Waals surface area contributed by atoms with Crippen LogP contribution < -0.4 is 5.32 Å². The van der Waals surface area contributed by atoms with Gasteiger partial charge in [0.25, 0.3) is 0 Å². The third-order valence-corrected chi connectivity index (χ3v) is 4.32. The lowest BCUT2D eigenvalue weighted by Gasteiger charge is -2.29. The van der Waals surface area contributed by atoms with Crippen LogP contribution in [0.2, 0.25) is 0 Å². The number of amides is 2. The van der Waals surface area contributed by atoms with Gasteiger partial charge in [0.1, 0.15) is 5.82 Å². The van der Waals surface area contributed by atoms with Gasteiger partial charge in [-0.3, -0.25) is 0 Å². The molecule has 28 heavy (non-hydrogen) atoms. The first-order valence-corrected chi connectivity index (χ1v) is 9.40. The number of hydrogen-bond acceptors (Lipinski definition) is 3. The standard InChI is InChI=1S/C22H26FN3O2/c1-22(2,3)24-21(27)26(14-16-9-11-18(23)12-10-16)15-19-13-20(25-28-19)17-7-5-4-6-8-17/h4-12,19H,13-15H2,1-3H3,(H,24,27)/t19-/m0/s1. The van der Waals surface area contributed by atoms with E-state index >= 15 is 0 Å². The minimum atomic E-state index is -0.361. The van der Waals surface area contributed by atoms with Crippen molar-refractivity contribution in [3.63, 3.8) is 0 Å². The monoisotopic (exact) mass is 383 g/mol. The van der Waals surface area contributed by atoms with Crippen molar-refractivity contribution >= 4 is 11.7 Å². The SMILES string of the molecule is CC(C)(C)NC(=O)N(Cc1ccc(F)cc1)C[C@@H]1CC(c2ccccc2)=NO1. The molecule has 0 aliphatic carbocycles. The van der Waals surface area contributed by atoms with E-state index < -0.39 is 0 Å². The molecule has 2 aromatic rings. The predicted molar refractivity (Wildman–Crippen MR) is 108 cm³/mol. The molecule has 1 heterocycles. The summed E-state index contributed by atoms with van der Waals surface area (Å²) in [5.74, 6) is -0.297. The van der Waals surface area contributed by atoms with Crippen LogP contribution >= 0.6 is 0 Å². The van der Waals surface area contributed by atoms with Gasteiger partial charge in [-0.2, -0.15) is 0 Å². The fraction of sp³-hybridized carbons (Fsp3) is 0.364. The summed E-state index contributed by atoms with van der Waals surface area (Å²) >= 11 is 0. The minimum absolute atomic E-state index is 0.186. The third kappa shape index (κ3) is 5.55. The summed E-state index contributed by atoms with van der Waals surface area (Å²) in [5, 5.41) is 7.19. The van der Waals surface area contributed by atoms with Crippen molar-refractivity contribution in [1.29, 1.82) is 0 Å². The number of hydrogen-bond donors (Lipinski definition) is 1. The molecule has 2 aromatic carbocycles. The largest absolute Gasteiger partial charge is 0.390 e. The molecular weight excluding hydrogens is 357 g/mol. The van der Waals surface area contributed by atoms with Crippen LogP contribution in [0.25, 0.3) is 0 Å². The molecule has 0 radical (unpaired) electrons. The van der Waals surface area contributed by atoms with Crippen molar-refractivity contribution < 1.29 is 14.0 Å². The first-order chi connectivity index (χ1) is 13.3. The quantitative estimate of drug-likeness (QED) is 0.836. The molecule has 1 N–H and O–H groups in total. The summed E-state index contributed by atoms with van der Waals surface area (Å²) in [5.41, 5.74) is 2.39. The Bertz CT molecular complexity index is 829. The van der Waals surface area contributed by atoms with E-state index in [1.807, 2.05) is 51.1 Å². The van der Waals surface area contributed by atoms with Gasteiger partial charge in [-0.25, -0.2) is 9.18 Å². The average molecular weight is 383 g/mol. The molecule has 5 nitrogen and oxygen atoms in total. The van der Waals surface area contributed by atoms with Crippen LogP contribution in [-0.2, 0) is 11.4 Å². The number of rotatable bonds is 5. The van der Waals surface area contributed by atoms with Gasteiger partial charge < -0.3 is 15.1 Å². The van der Waals surface area contributed by atoms with Gasteiger partial charge in [0.05, 0.1) is 12.3 Å². The summed E-state index contributed by atoms with van der Waals surface area (Å²) in [6, 6.07) is 15.9. The summed E-state index contributed by atoms with van der Waals surface area (Å²) in [7, 11) is 0. The van der Waals surface area contributed by atoms with Crippen LogP contribution in [0.15, 0.2) is 59.8 Å². The van der Waals surface area contributed by atoms with Crippen LogP contribution in [0.1, 0.15) is 38.3 Å². The van der Waals surface area contributed by atoms with Crippen molar-refractivity contribution in [1.82, 2.24) is 10.2 Å². The smallest absolute Gasteiger partial charge is 0.318 e. The molecule has 1 aliphatic rings. The minimum Gasteiger partial charge on any atom is -0.390 e. The van der Waals surface area contributed by atoms with Crippen LogP contribution in [0.3, 0.4) is 0 Å². The highest BCUT2D eigenvalue weighted by Gasteiger charge is 2.28. The topological polar surface area (TPSA) is 53.9 Å². The maximum Gasteiger partial charge on any atom is 0.318 e. The summed E-state index contributed by atoms with van der Waals surface area (Å²) in [6.07, 6.45) is 0.411. The first-order valence-electron chi connectivity index (χ1n) is 9.40. The number of halogens is 1. The number of urea groups is 1. The fourth-order valence-electron chi connectivity index (χ4n) is 3.00. The zero-order valence-corrected chi connectivity index (χ0v) is 16.5. The molecule has 0 fully saturated rings. The Balaban J connectivity index is 1.68. The molecule has 0 unspecified atom stereocenters. The first kappa shape index (κ1) is 19.9. The lowest BCUT2D eigenvalue weighted by Crippen LogP contribution is -2.50. The van der Waals surface area contributed by atoms with Crippen LogP contribution in [0.4, 0.5) is 9.18 Å². The van der Waals surface area contributed by atoms with Gasteiger partial charge in [-0.05, 0) is 44.0 Å². The molecule has 0 saturated heterocycles. The van der Waals surface area contributed by atoms with E-state index in [-0.39, 0.29) is 23.5 Å². The zero-order valence-electron chi connectivity index (χ0n) is 16.5. The van der Waals surface area contributed by atoms with Crippen LogP contribution in [-0.4, -0.2) is 34.8 Å². The van der Waals surface area contributed by atoms with E-state index in [0.29, 0.717) is 19.5 Å². The average Bonchev–Trinajstić information content (AvgIpc) is 3.11. The lowest BCUT2D eigenvalue weighted by atomic mass is 10.0. The maximum absolute atomic E-state index is 13.2. The number of carbonyl (C=O) groups is 1. The van der Waals surface area contributed by atoms with E-state index in [9.17, 15) is 9.18 Å². The number of carbonyl (C=O) groups excluding carboxylic acids is 1. The van der Waals surface area contributed by atoms with Crippen molar-refractivity contribution in [2.24, 2.45) is 5.16 Å². The Morgan fingerprint density at radius 2 is 1.86 bits per heavy atom. The molecule has 0 saturated carbocycles. The van der Waals surface area contributed by atoms with E-state index in [0.717, 1.165) is 16.8 Å². The molecular formula is C22H26FN3O2. The van der Waals surface area contributed by atoms with Crippen LogP contribution in [0.5, 0.6) is 0 Å². The number of benzene rings is 2. The normalized spacial score (nSPS) is 16.3. The Morgan fingerprint density at radius 3 is 2.50 bits per heavy atom. The summed E-state index contributed by atoms with van der Waals surface area (Å²) in [6.45, 7) is 6.55. The highest BCUT2D eigenvalue weighted by Crippen LogP contribution is 2.19. The summed E-state index contributed by atoms with van der Waals surface area (Å²) < 4.78 is 13.2. The second-order valence-corrected chi connectivity index (χ2v) is 8.02. The van der Waals surface area contributed by atoms with E-state index in [1.54, 1.807) is 17.0 Å². The van der Waals surface area contributed by atoms with E-state index in [1.165, 1.54) is 12.1 Å². The Hall–Kier alpha value is -2.89. The Kier molecular flexibility index (Phi) is 5.97. The van der Waals surface area contributed by atoms with E-state index in [2.05, 4.69) is 10.5 Å². The molecule has 0 aromatic heterocycles. The Morgan fingerprint density at radius 1 is 1.18 bits per heavy atom. The van der Waals surface area contributed by atoms with Gasteiger partial charge in [0.15, 0.2) is 6.10 Å². The van der Waals surface area contributed by atoms with Crippen LogP contribution in [0, 0.1) is 5.82 Å². The molecule has 1 atom stereocenters. The Labute approximate surface area is 165 Å². The van der Waals surface area contributed by atoms with Gasteiger partial charge in [-0.15, -0.1) is 0 Å². The molecule has 0 spiro atoms. The molecule has 3 rings (SSSR count). The highest BCUT2D eigenvalue weighted by molar-refractivity contribution is 6.01.